The third-order valence-corrected chi connectivity index (χ3v) is 5.33. The minimum absolute atomic E-state index is 0.885. The Morgan fingerprint density at radius 3 is 2.25 bits per heavy atom. The molecule has 0 amide bonds. The van der Waals surface area contributed by atoms with E-state index in [1.807, 2.05) is 0 Å². The van der Waals surface area contributed by atoms with Gasteiger partial charge in [-0.3, -0.25) is 0 Å². The van der Waals surface area contributed by atoms with Gasteiger partial charge in [0.2, 0.25) is 0 Å². The first kappa shape index (κ1) is 14.8. The van der Waals surface area contributed by atoms with E-state index in [2.05, 4.69) is 15.1 Å². The van der Waals surface area contributed by atoms with Crippen molar-refractivity contribution in [3.63, 3.8) is 0 Å². The van der Waals surface area contributed by atoms with Gasteiger partial charge in [-0.15, -0.1) is 0 Å². The molecule has 0 spiro atoms. The van der Waals surface area contributed by atoms with Crippen LogP contribution in [0.2, 0.25) is 0 Å². The van der Waals surface area contributed by atoms with Gasteiger partial charge >= 0.3 is 0 Å². The van der Waals surface area contributed by atoms with E-state index in [9.17, 15) is 0 Å². The molecule has 116 valence electrons. The number of piperidine rings is 1. The number of likely N-dealkylation sites (tertiary alicyclic amines) is 2. The van der Waals surface area contributed by atoms with Crippen LogP contribution in [0.4, 0.5) is 0 Å². The zero-order valence-electron chi connectivity index (χ0n) is 13.2. The molecule has 1 N–H and O–H groups in total. The Morgan fingerprint density at radius 2 is 1.55 bits per heavy atom. The molecular formula is C17H33N3. The first-order valence-corrected chi connectivity index (χ1v) is 9.08. The predicted molar refractivity (Wildman–Crippen MR) is 85.1 cm³/mol. The summed E-state index contributed by atoms with van der Waals surface area (Å²) < 4.78 is 0. The number of nitrogens with zero attached hydrogens (tertiary/aromatic N) is 2. The molecule has 3 rings (SSSR count). The molecule has 2 heterocycles. The van der Waals surface area contributed by atoms with Crippen molar-refractivity contribution in [3.05, 3.63) is 0 Å². The van der Waals surface area contributed by atoms with Crippen LogP contribution >= 0.6 is 0 Å². The predicted octanol–water partition coefficient (Wildman–Crippen LogP) is 2.33. The molecule has 20 heavy (non-hydrogen) atoms. The van der Waals surface area contributed by atoms with Gasteiger partial charge in [-0.1, -0.05) is 0 Å². The number of hydrogen-bond acceptors (Lipinski definition) is 3. The zero-order valence-corrected chi connectivity index (χ0v) is 13.2. The molecule has 0 aromatic carbocycles. The Labute approximate surface area is 125 Å². The zero-order chi connectivity index (χ0) is 13.6. The monoisotopic (exact) mass is 279 g/mol. The first-order valence-electron chi connectivity index (χ1n) is 9.08. The molecule has 0 atom stereocenters. The lowest BCUT2D eigenvalue weighted by atomic mass is 9.96. The Bertz CT molecular complexity index is 263. The molecule has 0 aromatic rings. The van der Waals surface area contributed by atoms with E-state index in [4.69, 9.17) is 0 Å². The van der Waals surface area contributed by atoms with Gasteiger partial charge in [-0.25, -0.2) is 0 Å². The van der Waals surface area contributed by atoms with Crippen LogP contribution in [0.3, 0.4) is 0 Å². The Morgan fingerprint density at radius 1 is 0.800 bits per heavy atom. The maximum absolute atomic E-state index is 3.62. The van der Waals surface area contributed by atoms with Gasteiger partial charge in [0, 0.05) is 12.6 Å². The van der Waals surface area contributed by atoms with Crippen LogP contribution in [-0.4, -0.2) is 61.7 Å². The summed E-state index contributed by atoms with van der Waals surface area (Å²) in [5.74, 6) is 0.987. The Kier molecular flexibility index (Phi) is 5.75. The molecule has 2 aliphatic heterocycles. The van der Waals surface area contributed by atoms with E-state index in [1.54, 1.807) is 0 Å². The van der Waals surface area contributed by atoms with E-state index in [0.29, 0.717) is 0 Å². The lowest BCUT2D eigenvalue weighted by Crippen LogP contribution is -2.38. The summed E-state index contributed by atoms with van der Waals surface area (Å²) in [4.78, 5) is 5.40. The highest BCUT2D eigenvalue weighted by Gasteiger charge is 2.22. The van der Waals surface area contributed by atoms with Gasteiger partial charge in [0.25, 0.3) is 0 Å². The number of rotatable bonds is 8. The third kappa shape index (κ3) is 5.01. The SMILES string of the molecule is C(CCN1CCC(CN2CCCC2)CC1)CNC1CC1. The van der Waals surface area contributed by atoms with Crippen LogP contribution < -0.4 is 5.32 Å². The summed E-state index contributed by atoms with van der Waals surface area (Å²) in [5, 5.41) is 3.62. The van der Waals surface area contributed by atoms with Gasteiger partial charge in [0.15, 0.2) is 0 Å². The van der Waals surface area contributed by atoms with Crippen LogP contribution in [0.15, 0.2) is 0 Å². The number of nitrogens with one attached hydrogen (secondary N) is 1. The lowest BCUT2D eigenvalue weighted by Gasteiger charge is -2.33. The lowest BCUT2D eigenvalue weighted by molar-refractivity contribution is 0.152. The third-order valence-electron chi connectivity index (χ3n) is 5.33. The Balaban J connectivity index is 1.20. The fourth-order valence-corrected chi connectivity index (χ4v) is 3.78. The average molecular weight is 279 g/mol. The maximum Gasteiger partial charge on any atom is 0.00682 e. The molecule has 0 unspecified atom stereocenters. The van der Waals surface area contributed by atoms with Crippen LogP contribution in [0.5, 0.6) is 0 Å². The van der Waals surface area contributed by atoms with Crippen molar-refractivity contribution >= 4 is 0 Å². The van der Waals surface area contributed by atoms with Crippen molar-refractivity contribution in [2.24, 2.45) is 5.92 Å². The smallest absolute Gasteiger partial charge is 0.00682 e. The van der Waals surface area contributed by atoms with Gasteiger partial charge in [0.05, 0.1) is 0 Å². The minimum Gasteiger partial charge on any atom is -0.314 e. The summed E-state index contributed by atoms with van der Waals surface area (Å²) in [7, 11) is 0. The fourth-order valence-electron chi connectivity index (χ4n) is 3.78. The van der Waals surface area contributed by atoms with Crippen molar-refractivity contribution < 1.29 is 0 Å². The summed E-state index contributed by atoms with van der Waals surface area (Å²) in [6.07, 6.45) is 11.4. The van der Waals surface area contributed by atoms with E-state index >= 15 is 0 Å². The van der Waals surface area contributed by atoms with Crippen LogP contribution in [0, 0.1) is 5.92 Å². The Hall–Kier alpha value is -0.120. The normalized spacial score (nSPS) is 26.4. The summed E-state index contributed by atoms with van der Waals surface area (Å²) in [6, 6.07) is 0.885. The van der Waals surface area contributed by atoms with Gasteiger partial charge in [-0.05, 0) is 96.6 Å². The van der Waals surface area contributed by atoms with Crippen molar-refractivity contribution in [1.82, 2.24) is 15.1 Å². The summed E-state index contributed by atoms with van der Waals surface area (Å²) in [6.45, 7) is 9.42. The fraction of sp³-hybridized carbons (Fsp3) is 1.00. The van der Waals surface area contributed by atoms with E-state index in [-0.39, 0.29) is 0 Å². The van der Waals surface area contributed by atoms with Crippen LogP contribution in [0.1, 0.15) is 51.4 Å². The molecule has 2 saturated heterocycles. The highest BCUT2D eigenvalue weighted by atomic mass is 15.2. The number of hydrogen-bond donors (Lipinski definition) is 1. The average Bonchev–Trinajstić information content (AvgIpc) is 3.16. The minimum atomic E-state index is 0.885. The quantitative estimate of drug-likeness (QED) is 0.688. The molecule has 3 nitrogen and oxygen atoms in total. The highest BCUT2D eigenvalue weighted by molar-refractivity contribution is 4.81. The molecule has 3 aliphatic rings. The topological polar surface area (TPSA) is 18.5 Å². The molecule has 3 fully saturated rings. The van der Waals surface area contributed by atoms with Crippen molar-refractivity contribution in [2.45, 2.75) is 57.4 Å². The van der Waals surface area contributed by atoms with Crippen molar-refractivity contribution in [3.8, 4) is 0 Å². The van der Waals surface area contributed by atoms with Gasteiger partial charge < -0.3 is 15.1 Å². The van der Waals surface area contributed by atoms with Crippen molar-refractivity contribution in [1.29, 1.82) is 0 Å². The van der Waals surface area contributed by atoms with E-state index in [1.165, 1.54) is 97.2 Å². The van der Waals surface area contributed by atoms with E-state index < -0.39 is 0 Å². The van der Waals surface area contributed by atoms with Crippen molar-refractivity contribution in [2.75, 3.05) is 45.8 Å². The van der Waals surface area contributed by atoms with Gasteiger partial charge in [0.1, 0.15) is 0 Å². The summed E-state index contributed by atoms with van der Waals surface area (Å²) in [5.41, 5.74) is 0. The number of unbranched alkanes of at least 4 members (excludes halogenated alkanes) is 1. The molecular weight excluding hydrogens is 246 g/mol. The standard InChI is InChI=1S/C17H33N3/c1(9-18-17-5-6-17)2-10-19-13-7-16(8-14-19)15-20-11-3-4-12-20/h16-18H,1-15H2. The second-order valence-corrected chi connectivity index (χ2v) is 7.23. The first-order chi connectivity index (χ1) is 9.90. The molecule has 0 radical (unpaired) electrons. The molecule has 3 heteroatoms. The molecule has 1 aliphatic carbocycles. The largest absolute Gasteiger partial charge is 0.314 e. The van der Waals surface area contributed by atoms with Crippen LogP contribution in [-0.2, 0) is 0 Å². The second-order valence-electron chi connectivity index (χ2n) is 7.23. The maximum atomic E-state index is 3.62. The highest BCUT2D eigenvalue weighted by Crippen LogP contribution is 2.21. The second kappa shape index (κ2) is 7.77. The molecule has 0 bridgehead atoms. The summed E-state index contributed by atoms with van der Waals surface area (Å²) >= 11 is 0. The van der Waals surface area contributed by atoms with E-state index in [0.717, 1.165) is 12.0 Å². The van der Waals surface area contributed by atoms with Crippen LogP contribution in [0.25, 0.3) is 0 Å². The molecule has 0 aromatic heterocycles. The van der Waals surface area contributed by atoms with Gasteiger partial charge in [-0.2, -0.15) is 0 Å². The molecule has 1 saturated carbocycles.